The van der Waals surface area contributed by atoms with E-state index < -0.39 is 5.60 Å². The number of benzene rings is 1. The van der Waals surface area contributed by atoms with Gasteiger partial charge in [0.05, 0.1) is 18.7 Å². The van der Waals surface area contributed by atoms with E-state index in [0.717, 1.165) is 5.56 Å². The van der Waals surface area contributed by atoms with E-state index in [0.29, 0.717) is 29.6 Å². The van der Waals surface area contributed by atoms with Crippen LogP contribution >= 0.6 is 23.2 Å². The number of hydrogen-bond acceptors (Lipinski definition) is 2. The minimum Gasteiger partial charge on any atom is -0.386 e. The second kappa shape index (κ2) is 5.53. The van der Waals surface area contributed by atoms with E-state index in [2.05, 4.69) is 0 Å². The Morgan fingerprint density at radius 3 is 2.47 bits per heavy atom. The van der Waals surface area contributed by atoms with Gasteiger partial charge in [-0.05, 0) is 36.3 Å². The molecule has 0 unspecified atom stereocenters. The molecule has 1 saturated heterocycles. The highest BCUT2D eigenvalue weighted by Gasteiger charge is 2.41. The van der Waals surface area contributed by atoms with Crippen molar-refractivity contribution in [3.8, 4) is 0 Å². The largest absolute Gasteiger partial charge is 0.386 e. The van der Waals surface area contributed by atoms with Gasteiger partial charge in [-0.2, -0.15) is 0 Å². The minimum atomic E-state index is -0.705. The molecule has 0 aliphatic carbocycles. The first-order chi connectivity index (χ1) is 8.92. The van der Waals surface area contributed by atoms with E-state index in [9.17, 15) is 9.90 Å². The monoisotopic (exact) mass is 299 g/mol. The van der Waals surface area contributed by atoms with Crippen molar-refractivity contribution in [3.05, 3.63) is 39.9 Å². The summed E-state index contributed by atoms with van der Waals surface area (Å²) in [6, 6.07) is 5.10. The topological polar surface area (TPSA) is 40.5 Å². The van der Waals surface area contributed by atoms with Crippen molar-refractivity contribution >= 4 is 35.2 Å². The smallest absolute Gasteiger partial charge is 0.246 e. The third-order valence-corrected chi connectivity index (χ3v) is 3.68. The lowest BCUT2D eigenvalue weighted by molar-refractivity contribution is -0.150. The third-order valence-electron chi connectivity index (χ3n) is 3.24. The van der Waals surface area contributed by atoms with Crippen LogP contribution in [0.2, 0.25) is 10.0 Å². The lowest BCUT2D eigenvalue weighted by atomic mass is 9.91. The number of amides is 1. The number of rotatable bonds is 3. The van der Waals surface area contributed by atoms with Crippen molar-refractivity contribution in [2.45, 2.75) is 18.9 Å². The Morgan fingerprint density at radius 1 is 1.37 bits per heavy atom. The molecule has 1 aliphatic heterocycles. The number of aliphatic hydroxyl groups is 1. The van der Waals surface area contributed by atoms with Crippen LogP contribution in [-0.2, 0) is 4.79 Å². The van der Waals surface area contributed by atoms with Gasteiger partial charge in [-0.15, -0.1) is 0 Å². The fourth-order valence-electron chi connectivity index (χ4n) is 1.99. The highest BCUT2D eigenvalue weighted by Crippen LogP contribution is 2.24. The van der Waals surface area contributed by atoms with Crippen LogP contribution in [0.5, 0.6) is 0 Å². The number of carbonyl (C=O) groups is 1. The molecule has 0 aromatic heterocycles. The average molecular weight is 300 g/mol. The predicted octanol–water partition coefficient (Wildman–Crippen LogP) is 2.99. The number of β-amino-alcohol motifs (C(OH)–C–C–N with tert-alkyl or cyclic N) is 1. The molecule has 1 heterocycles. The maximum atomic E-state index is 11.8. The standard InChI is InChI=1S/C14H15Cl2NO2/c1-2-14(19)8-17(9-14)13(18)4-3-10-5-11(15)7-12(16)6-10/h3-7,19H,2,8-9H2,1H3. The van der Waals surface area contributed by atoms with Gasteiger partial charge >= 0.3 is 0 Å². The summed E-state index contributed by atoms with van der Waals surface area (Å²) in [5.74, 6) is -0.116. The molecule has 3 nitrogen and oxygen atoms in total. The zero-order valence-corrected chi connectivity index (χ0v) is 12.1. The Balaban J connectivity index is 1.98. The van der Waals surface area contributed by atoms with Crippen molar-refractivity contribution in [1.82, 2.24) is 4.90 Å². The summed E-state index contributed by atoms with van der Waals surface area (Å²) in [6.07, 6.45) is 3.80. The summed E-state index contributed by atoms with van der Waals surface area (Å²) in [4.78, 5) is 13.4. The fourth-order valence-corrected chi connectivity index (χ4v) is 2.53. The lowest BCUT2D eigenvalue weighted by Crippen LogP contribution is -2.62. The summed E-state index contributed by atoms with van der Waals surface area (Å²) >= 11 is 11.8. The van der Waals surface area contributed by atoms with Crippen LogP contribution in [0.3, 0.4) is 0 Å². The highest BCUT2D eigenvalue weighted by molar-refractivity contribution is 6.34. The first-order valence-electron chi connectivity index (χ1n) is 6.07. The molecule has 0 spiro atoms. The maximum absolute atomic E-state index is 11.8. The molecule has 1 fully saturated rings. The quantitative estimate of drug-likeness (QED) is 0.872. The van der Waals surface area contributed by atoms with Gasteiger partial charge in [0.2, 0.25) is 5.91 Å². The molecular weight excluding hydrogens is 285 g/mol. The van der Waals surface area contributed by atoms with Crippen LogP contribution in [0.25, 0.3) is 6.08 Å². The summed E-state index contributed by atoms with van der Waals surface area (Å²) in [7, 11) is 0. The molecule has 1 aromatic carbocycles. The fraction of sp³-hybridized carbons (Fsp3) is 0.357. The van der Waals surface area contributed by atoms with E-state index >= 15 is 0 Å². The summed E-state index contributed by atoms with van der Waals surface area (Å²) in [5.41, 5.74) is 0.0696. The molecule has 2 rings (SSSR count). The van der Waals surface area contributed by atoms with E-state index in [4.69, 9.17) is 23.2 Å². The molecular formula is C14H15Cl2NO2. The second-order valence-corrected chi connectivity index (χ2v) is 5.68. The van der Waals surface area contributed by atoms with E-state index in [1.54, 1.807) is 29.2 Å². The summed E-state index contributed by atoms with van der Waals surface area (Å²) < 4.78 is 0. The molecule has 1 amide bonds. The number of hydrogen-bond donors (Lipinski definition) is 1. The molecule has 102 valence electrons. The molecule has 19 heavy (non-hydrogen) atoms. The minimum absolute atomic E-state index is 0.116. The van der Waals surface area contributed by atoms with Gasteiger partial charge in [0.25, 0.3) is 0 Å². The Labute approximate surface area is 122 Å². The van der Waals surface area contributed by atoms with Crippen molar-refractivity contribution in [2.24, 2.45) is 0 Å². The predicted molar refractivity (Wildman–Crippen MR) is 77.3 cm³/mol. The maximum Gasteiger partial charge on any atom is 0.246 e. The summed E-state index contributed by atoms with van der Waals surface area (Å²) in [5, 5.41) is 10.9. The Morgan fingerprint density at radius 2 is 1.95 bits per heavy atom. The van der Waals surface area contributed by atoms with Crippen molar-refractivity contribution in [2.75, 3.05) is 13.1 Å². The molecule has 0 bridgehead atoms. The second-order valence-electron chi connectivity index (χ2n) is 4.81. The Hall–Kier alpha value is -1.03. The van der Waals surface area contributed by atoms with Gasteiger partial charge in [-0.3, -0.25) is 4.79 Å². The van der Waals surface area contributed by atoms with Crippen molar-refractivity contribution < 1.29 is 9.90 Å². The van der Waals surface area contributed by atoms with Gasteiger partial charge in [-0.1, -0.05) is 30.1 Å². The molecule has 5 heteroatoms. The average Bonchev–Trinajstić information content (AvgIpc) is 2.31. The Kier molecular flexibility index (Phi) is 4.19. The van der Waals surface area contributed by atoms with Gasteiger partial charge in [0, 0.05) is 16.1 Å². The van der Waals surface area contributed by atoms with Gasteiger partial charge < -0.3 is 10.0 Å². The molecule has 1 aromatic rings. The number of halogens is 2. The van der Waals surface area contributed by atoms with Crippen LogP contribution in [0.15, 0.2) is 24.3 Å². The van der Waals surface area contributed by atoms with Gasteiger partial charge in [-0.25, -0.2) is 0 Å². The molecule has 0 atom stereocenters. The van der Waals surface area contributed by atoms with Crippen LogP contribution in [-0.4, -0.2) is 34.6 Å². The van der Waals surface area contributed by atoms with Gasteiger partial charge in [0.15, 0.2) is 0 Å². The zero-order chi connectivity index (χ0) is 14.0. The van der Waals surface area contributed by atoms with Crippen LogP contribution in [0, 0.1) is 0 Å². The van der Waals surface area contributed by atoms with E-state index in [-0.39, 0.29) is 5.91 Å². The first kappa shape index (κ1) is 14.4. The van der Waals surface area contributed by atoms with E-state index in [1.807, 2.05) is 6.92 Å². The van der Waals surface area contributed by atoms with Crippen LogP contribution < -0.4 is 0 Å². The Bertz CT molecular complexity index is 502. The molecule has 1 N–H and O–H groups in total. The molecule has 1 aliphatic rings. The van der Waals surface area contributed by atoms with Crippen LogP contribution in [0.4, 0.5) is 0 Å². The normalized spacial score (nSPS) is 17.6. The SMILES string of the molecule is CCC1(O)CN(C(=O)C=Cc2cc(Cl)cc(Cl)c2)C1. The third kappa shape index (κ3) is 3.50. The van der Waals surface area contributed by atoms with Crippen molar-refractivity contribution in [3.63, 3.8) is 0 Å². The van der Waals surface area contributed by atoms with Crippen LogP contribution in [0.1, 0.15) is 18.9 Å². The number of likely N-dealkylation sites (tertiary alicyclic amines) is 1. The molecule has 0 radical (unpaired) electrons. The zero-order valence-electron chi connectivity index (χ0n) is 10.6. The van der Waals surface area contributed by atoms with E-state index in [1.165, 1.54) is 6.08 Å². The number of nitrogens with zero attached hydrogens (tertiary/aromatic N) is 1. The lowest BCUT2D eigenvalue weighted by Gasteiger charge is -2.45. The van der Waals surface area contributed by atoms with Gasteiger partial charge in [0.1, 0.15) is 0 Å². The highest BCUT2D eigenvalue weighted by atomic mass is 35.5. The molecule has 0 saturated carbocycles. The van der Waals surface area contributed by atoms with Crippen molar-refractivity contribution in [1.29, 1.82) is 0 Å². The summed E-state index contributed by atoms with van der Waals surface area (Å²) in [6.45, 7) is 2.69. The number of carbonyl (C=O) groups excluding carboxylic acids is 1. The first-order valence-corrected chi connectivity index (χ1v) is 6.83.